The molecule has 2 aromatic carbocycles. The van der Waals surface area contributed by atoms with Crippen molar-refractivity contribution < 1.29 is 9.90 Å². The molecule has 3 aromatic rings. The molecule has 6 nitrogen and oxygen atoms in total. The highest BCUT2D eigenvalue weighted by Gasteiger charge is 2.48. The summed E-state index contributed by atoms with van der Waals surface area (Å²) in [5.41, 5.74) is 2.26. The van der Waals surface area contributed by atoms with Crippen LogP contribution in [0.25, 0.3) is 0 Å². The van der Waals surface area contributed by atoms with Crippen LogP contribution in [0.1, 0.15) is 53.6 Å². The number of aryl methyl sites for hydroxylation is 1. The highest BCUT2D eigenvalue weighted by atomic mass is 79.9. The molecular formula is C25H23BrClN3O3. The van der Waals surface area contributed by atoms with Crippen molar-refractivity contribution in [2.75, 3.05) is 6.54 Å². The van der Waals surface area contributed by atoms with E-state index in [4.69, 9.17) is 16.6 Å². The average molecular weight is 529 g/mol. The molecule has 1 aromatic heterocycles. The van der Waals surface area contributed by atoms with E-state index in [1.54, 1.807) is 23.1 Å². The molecule has 1 saturated carbocycles. The summed E-state index contributed by atoms with van der Waals surface area (Å²) in [6, 6.07) is 14.8. The minimum Gasteiger partial charge on any atom is -0.378 e. The molecule has 2 heterocycles. The highest BCUT2D eigenvalue weighted by Crippen LogP contribution is 2.52. The first-order valence-electron chi connectivity index (χ1n) is 11.0. The number of aliphatic hydroxyl groups excluding tert-OH is 1. The molecule has 0 unspecified atom stereocenters. The Morgan fingerprint density at radius 1 is 1.21 bits per heavy atom. The Morgan fingerprint density at radius 3 is 2.73 bits per heavy atom. The number of nitrogens with one attached hydrogen (secondary N) is 1. The summed E-state index contributed by atoms with van der Waals surface area (Å²) in [4.78, 5) is 35.6. The van der Waals surface area contributed by atoms with E-state index < -0.39 is 12.0 Å². The van der Waals surface area contributed by atoms with Crippen LogP contribution in [0.5, 0.6) is 0 Å². The van der Waals surface area contributed by atoms with Gasteiger partial charge in [-0.2, -0.15) is 0 Å². The zero-order valence-corrected chi connectivity index (χ0v) is 20.2. The molecule has 2 aliphatic rings. The van der Waals surface area contributed by atoms with Crippen molar-refractivity contribution in [3.63, 3.8) is 0 Å². The Balaban J connectivity index is 1.43. The number of fused-ring (bicyclic) bond motifs is 1. The number of benzene rings is 2. The Bertz CT molecular complexity index is 1290. The predicted octanol–water partition coefficient (Wildman–Crippen LogP) is 4.27. The first-order chi connectivity index (χ1) is 15.9. The molecule has 33 heavy (non-hydrogen) atoms. The molecule has 170 valence electrons. The van der Waals surface area contributed by atoms with Crippen LogP contribution in [0, 0.1) is 0 Å². The van der Waals surface area contributed by atoms with E-state index in [2.05, 4.69) is 20.9 Å². The van der Waals surface area contributed by atoms with Gasteiger partial charge in [0.2, 0.25) is 0 Å². The van der Waals surface area contributed by atoms with Gasteiger partial charge in [0, 0.05) is 16.0 Å². The lowest BCUT2D eigenvalue weighted by Gasteiger charge is -2.24. The van der Waals surface area contributed by atoms with E-state index in [-0.39, 0.29) is 17.5 Å². The van der Waals surface area contributed by atoms with E-state index in [0.717, 1.165) is 28.6 Å². The molecule has 1 amide bonds. The molecule has 1 fully saturated rings. The summed E-state index contributed by atoms with van der Waals surface area (Å²) in [6.07, 6.45) is 1.79. The highest BCUT2D eigenvalue weighted by molar-refractivity contribution is 9.10. The lowest BCUT2D eigenvalue weighted by molar-refractivity contribution is -0.141. The van der Waals surface area contributed by atoms with Gasteiger partial charge in [-0.25, -0.2) is 4.98 Å². The monoisotopic (exact) mass is 527 g/mol. The third kappa shape index (κ3) is 4.25. The van der Waals surface area contributed by atoms with Crippen molar-refractivity contribution >= 4 is 33.4 Å². The van der Waals surface area contributed by atoms with Crippen LogP contribution in [0.3, 0.4) is 0 Å². The third-order valence-corrected chi connectivity index (χ3v) is 7.31. The van der Waals surface area contributed by atoms with E-state index in [1.807, 2.05) is 30.3 Å². The van der Waals surface area contributed by atoms with Gasteiger partial charge in [-0.1, -0.05) is 51.8 Å². The fourth-order valence-electron chi connectivity index (χ4n) is 4.60. The number of aromatic nitrogens is 2. The standard InChI is InChI=1S/C25H23BrClN3O3/c26-17-6-1-4-15(12-17)21(31)23(33)30-11-3-8-20-19(14-30)22(32)29-24(28-20)25(9-10-25)16-5-2-7-18(27)13-16/h1-2,4-7,12-13,21,31H,3,8-11,14H2,(H,28,29,32)/t21-/m1/s1. The lowest BCUT2D eigenvalue weighted by Crippen LogP contribution is -2.36. The van der Waals surface area contributed by atoms with Gasteiger partial charge in [0.15, 0.2) is 6.10 Å². The summed E-state index contributed by atoms with van der Waals surface area (Å²) in [7, 11) is 0. The van der Waals surface area contributed by atoms with E-state index >= 15 is 0 Å². The predicted molar refractivity (Wildman–Crippen MR) is 129 cm³/mol. The SMILES string of the molecule is O=C([C@H](O)c1cccc(Br)c1)N1CCCc2nc(C3(c4cccc(Cl)c4)CC3)[nH]c(=O)c2C1. The van der Waals surface area contributed by atoms with Crippen LogP contribution in [0.4, 0.5) is 0 Å². The first kappa shape index (κ1) is 22.3. The van der Waals surface area contributed by atoms with Gasteiger partial charge in [-0.3, -0.25) is 9.59 Å². The molecule has 0 saturated heterocycles. The van der Waals surface area contributed by atoms with E-state index in [0.29, 0.717) is 41.4 Å². The number of carbonyl (C=O) groups excluding carboxylic acids is 1. The van der Waals surface area contributed by atoms with Gasteiger partial charge in [0.25, 0.3) is 11.5 Å². The van der Waals surface area contributed by atoms with Gasteiger partial charge >= 0.3 is 0 Å². The van der Waals surface area contributed by atoms with Crippen LogP contribution in [0.2, 0.25) is 5.02 Å². The number of hydrogen-bond donors (Lipinski definition) is 2. The van der Waals surface area contributed by atoms with Crippen molar-refractivity contribution in [2.45, 2.75) is 43.7 Å². The Kier molecular flexibility index (Phi) is 5.89. The summed E-state index contributed by atoms with van der Waals surface area (Å²) in [5.74, 6) is 0.254. The number of aromatic amines is 1. The number of nitrogens with zero attached hydrogens (tertiary/aromatic N) is 2. The second-order valence-electron chi connectivity index (χ2n) is 8.75. The van der Waals surface area contributed by atoms with Crippen LogP contribution in [-0.4, -0.2) is 32.4 Å². The molecular weight excluding hydrogens is 506 g/mol. The average Bonchev–Trinajstić information content (AvgIpc) is 3.62. The smallest absolute Gasteiger partial charge is 0.256 e. The topological polar surface area (TPSA) is 86.3 Å². The number of H-pyrrole nitrogens is 1. The third-order valence-electron chi connectivity index (χ3n) is 6.58. The van der Waals surface area contributed by atoms with Crippen LogP contribution >= 0.6 is 27.5 Å². The second kappa shape index (κ2) is 8.70. The van der Waals surface area contributed by atoms with Gasteiger partial charge in [-0.05, 0) is 61.1 Å². The quantitative estimate of drug-likeness (QED) is 0.529. The van der Waals surface area contributed by atoms with Gasteiger partial charge < -0.3 is 15.0 Å². The molecule has 1 aliphatic heterocycles. The van der Waals surface area contributed by atoms with E-state index in [9.17, 15) is 14.7 Å². The molecule has 0 bridgehead atoms. The normalized spacial score (nSPS) is 17.7. The van der Waals surface area contributed by atoms with Crippen molar-refractivity contribution in [3.8, 4) is 0 Å². The van der Waals surface area contributed by atoms with Crippen molar-refractivity contribution in [1.29, 1.82) is 0 Å². The summed E-state index contributed by atoms with van der Waals surface area (Å²) in [6.45, 7) is 0.584. The van der Waals surface area contributed by atoms with Crippen LogP contribution in [0.15, 0.2) is 57.8 Å². The fourth-order valence-corrected chi connectivity index (χ4v) is 5.21. The second-order valence-corrected chi connectivity index (χ2v) is 10.1. The minimum absolute atomic E-state index is 0.131. The minimum atomic E-state index is -1.28. The zero-order chi connectivity index (χ0) is 23.2. The zero-order valence-electron chi connectivity index (χ0n) is 17.9. The molecule has 0 radical (unpaired) electrons. The Hall–Kier alpha value is -2.48. The maximum absolute atomic E-state index is 13.1. The summed E-state index contributed by atoms with van der Waals surface area (Å²) in [5, 5.41) is 11.3. The number of carbonyl (C=O) groups is 1. The first-order valence-corrected chi connectivity index (χ1v) is 12.2. The number of aliphatic hydroxyl groups is 1. The molecule has 0 spiro atoms. The van der Waals surface area contributed by atoms with Crippen molar-refractivity contribution in [2.24, 2.45) is 0 Å². The number of halogens is 2. The van der Waals surface area contributed by atoms with Crippen molar-refractivity contribution in [1.82, 2.24) is 14.9 Å². The van der Waals surface area contributed by atoms with Gasteiger partial charge in [0.1, 0.15) is 5.82 Å². The molecule has 1 aliphatic carbocycles. The number of amides is 1. The molecule has 8 heteroatoms. The van der Waals surface area contributed by atoms with Crippen LogP contribution < -0.4 is 5.56 Å². The number of hydrogen-bond acceptors (Lipinski definition) is 4. The summed E-state index contributed by atoms with van der Waals surface area (Å²) >= 11 is 9.58. The maximum Gasteiger partial charge on any atom is 0.256 e. The maximum atomic E-state index is 13.1. The molecule has 1 atom stereocenters. The number of rotatable bonds is 4. The Labute approximate surface area is 204 Å². The lowest BCUT2D eigenvalue weighted by atomic mass is 9.94. The Morgan fingerprint density at radius 2 is 2.00 bits per heavy atom. The molecule has 5 rings (SSSR count). The van der Waals surface area contributed by atoms with Crippen molar-refractivity contribution in [3.05, 3.63) is 96.6 Å². The molecule has 2 N–H and O–H groups in total. The van der Waals surface area contributed by atoms with Crippen LogP contribution in [-0.2, 0) is 23.2 Å². The fraction of sp³-hybridized carbons (Fsp3) is 0.320. The summed E-state index contributed by atoms with van der Waals surface area (Å²) < 4.78 is 0.787. The van der Waals surface area contributed by atoms with Gasteiger partial charge in [-0.15, -0.1) is 0 Å². The van der Waals surface area contributed by atoms with E-state index in [1.165, 1.54) is 0 Å². The largest absolute Gasteiger partial charge is 0.378 e. The van der Waals surface area contributed by atoms with Gasteiger partial charge in [0.05, 0.1) is 23.2 Å².